The number of nitrogens with one attached hydrogen (secondary N) is 1. The van der Waals surface area contributed by atoms with Crippen LogP contribution in [-0.2, 0) is 7.05 Å². The van der Waals surface area contributed by atoms with Crippen molar-refractivity contribution in [3.8, 4) is 0 Å². The van der Waals surface area contributed by atoms with E-state index in [2.05, 4.69) is 10.4 Å². The van der Waals surface area contributed by atoms with Crippen molar-refractivity contribution in [1.29, 1.82) is 0 Å². The largest absolute Gasteiger partial charge is 0.399 e. The van der Waals surface area contributed by atoms with E-state index < -0.39 is 11.7 Å². The summed E-state index contributed by atoms with van der Waals surface area (Å²) in [4.78, 5) is 11.9. The highest BCUT2D eigenvalue weighted by atomic mass is 19.1. The number of nitrogen functional groups attached to an aromatic ring is 1. The predicted octanol–water partition coefficient (Wildman–Crippen LogP) is 1.70. The van der Waals surface area contributed by atoms with Crippen LogP contribution in [0.25, 0.3) is 0 Å². The van der Waals surface area contributed by atoms with Gasteiger partial charge in [0.2, 0.25) is 0 Å². The standard InChI is InChI=1S/C12H13FN4O/c1-7-9(6-17(2)16-7)12(18)15-11-5-8(14)3-4-10(11)13/h3-6H,14H2,1-2H3,(H,15,18). The van der Waals surface area contributed by atoms with Crippen LogP contribution in [-0.4, -0.2) is 15.7 Å². The minimum atomic E-state index is -0.529. The van der Waals surface area contributed by atoms with Gasteiger partial charge in [-0.05, 0) is 25.1 Å². The minimum Gasteiger partial charge on any atom is -0.399 e. The zero-order valence-corrected chi connectivity index (χ0v) is 10.1. The van der Waals surface area contributed by atoms with Crippen molar-refractivity contribution >= 4 is 17.3 Å². The second-order valence-electron chi connectivity index (χ2n) is 4.00. The lowest BCUT2D eigenvalue weighted by molar-refractivity contribution is 0.102. The summed E-state index contributed by atoms with van der Waals surface area (Å²) in [6.45, 7) is 1.71. The SMILES string of the molecule is Cc1nn(C)cc1C(=O)Nc1cc(N)ccc1F. The van der Waals surface area contributed by atoms with Gasteiger partial charge in [-0.25, -0.2) is 4.39 Å². The van der Waals surface area contributed by atoms with E-state index in [9.17, 15) is 9.18 Å². The normalized spacial score (nSPS) is 10.4. The lowest BCUT2D eigenvalue weighted by atomic mass is 10.2. The maximum atomic E-state index is 13.5. The Labute approximate surface area is 103 Å². The number of anilines is 2. The van der Waals surface area contributed by atoms with Crippen LogP contribution in [0.2, 0.25) is 0 Å². The molecule has 2 aromatic rings. The van der Waals surface area contributed by atoms with Gasteiger partial charge in [0, 0.05) is 18.9 Å². The first kappa shape index (κ1) is 12.1. The van der Waals surface area contributed by atoms with E-state index in [-0.39, 0.29) is 5.69 Å². The molecule has 2 rings (SSSR count). The van der Waals surface area contributed by atoms with Crippen molar-refractivity contribution in [2.24, 2.45) is 7.05 Å². The Balaban J connectivity index is 2.26. The monoisotopic (exact) mass is 248 g/mol. The number of nitrogens with two attached hydrogens (primary N) is 1. The van der Waals surface area contributed by atoms with Gasteiger partial charge in [0.05, 0.1) is 16.9 Å². The summed E-state index contributed by atoms with van der Waals surface area (Å²) in [5.74, 6) is -0.941. The van der Waals surface area contributed by atoms with Crippen LogP contribution in [0.4, 0.5) is 15.8 Å². The molecular formula is C12H13FN4O. The number of rotatable bonds is 2. The number of aryl methyl sites for hydroxylation is 2. The summed E-state index contributed by atoms with van der Waals surface area (Å²) in [5, 5.41) is 6.53. The van der Waals surface area contributed by atoms with E-state index in [4.69, 9.17) is 5.73 Å². The molecule has 1 aromatic carbocycles. The molecule has 6 heteroatoms. The number of carbonyl (C=O) groups excluding carboxylic acids is 1. The Hall–Kier alpha value is -2.37. The molecule has 1 heterocycles. The van der Waals surface area contributed by atoms with E-state index in [0.717, 1.165) is 0 Å². The molecule has 0 fully saturated rings. The maximum absolute atomic E-state index is 13.5. The van der Waals surface area contributed by atoms with Crippen LogP contribution < -0.4 is 11.1 Å². The van der Waals surface area contributed by atoms with E-state index in [1.54, 1.807) is 20.2 Å². The Bertz CT molecular complexity index is 606. The number of aromatic nitrogens is 2. The van der Waals surface area contributed by atoms with Gasteiger partial charge in [-0.1, -0.05) is 0 Å². The van der Waals surface area contributed by atoms with E-state index in [1.165, 1.54) is 22.9 Å². The van der Waals surface area contributed by atoms with Crippen molar-refractivity contribution in [3.05, 3.63) is 41.5 Å². The number of hydrogen-bond donors (Lipinski definition) is 2. The van der Waals surface area contributed by atoms with E-state index in [0.29, 0.717) is 16.9 Å². The molecule has 0 aliphatic carbocycles. The first-order valence-corrected chi connectivity index (χ1v) is 5.34. The third kappa shape index (κ3) is 2.32. The second-order valence-corrected chi connectivity index (χ2v) is 4.00. The van der Waals surface area contributed by atoms with Crippen LogP contribution >= 0.6 is 0 Å². The average molecular weight is 248 g/mol. The molecular weight excluding hydrogens is 235 g/mol. The second kappa shape index (κ2) is 4.48. The minimum absolute atomic E-state index is 0.0586. The molecule has 0 spiro atoms. The predicted molar refractivity (Wildman–Crippen MR) is 66.7 cm³/mol. The van der Waals surface area contributed by atoms with Crippen molar-refractivity contribution in [3.63, 3.8) is 0 Å². The highest BCUT2D eigenvalue weighted by Crippen LogP contribution is 2.18. The van der Waals surface area contributed by atoms with Gasteiger partial charge >= 0.3 is 0 Å². The molecule has 0 aliphatic heterocycles. The van der Waals surface area contributed by atoms with Crippen LogP contribution in [0.15, 0.2) is 24.4 Å². The zero-order chi connectivity index (χ0) is 13.3. The molecule has 0 saturated heterocycles. The molecule has 94 valence electrons. The average Bonchev–Trinajstić information content (AvgIpc) is 2.63. The Morgan fingerprint density at radius 2 is 2.22 bits per heavy atom. The third-order valence-corrected chi connectivity index (χ3v) is 2.50. The van der Waals surface area contributed by atoms with Gasteiger partial charge < -0.3 is 11.1 Å². The molecule has 1 aromatic heterocycles. The molecule has 0 aliphatic rings. The fraction of sp³-hybridized carbons (Fsp3) is 0.167. The van der Waals surface area contributed by atoms with Gasteiger partial charge in [0.15, 0.2) is 0 Å². The summed E-state index contributed by atoms with van der Waals surface area (Å²) in [6, 6.07) is 4.01. The lowest BCUT2D eigenvalue weighted by Crippen LogP contribution is -2.13. The van der Waals surface area contributed by atoms with Gasteiger partial charge in [-0.15, -0.1) is 0 Å². The van der Waals surface area contributed by atoms with Crippen molar-refractivity contribution in [1.82, 2.24) is 9.78 Å². The smallest absolute Gasteiger partial charge is 0.259 e. The Kier molecular flexibility index (Phi) is 3.01. The highest BCUT2D eigenvalue weighted by Gasteiger charge is 2.14. The quantitative estimate of drug-likeness (QED) is 0.794. The summed E-state index contributed by atoms with van der Waals surface area (Å²) >= 11 is 0. The number of amides is 1. The molecule has 0 bridgehead atoms. The molecule has 3 N–H and O–H groups in total. The molecule has 18 heavy (non-hydrogen) atoms. The third-order valence-electron chi connectivity index (χ3n) is 2.50. The van der Waals surface area contributed by atoms with Crippen molar-refractivity contribution in [2.75, 3.05) is 11.1 Å². The van der Waals surface area contributed by atoms with Crippen LogP contribution in [0.5, 0.6) is 0 Å². The molecule has 0 unspecified atom stereocenters. The molecule has 5 nitrogen and oxygen atoms in total. The number of benzene rings is 1. The van der Waals surface area contributed by atoms with Crippen LogP contribution in [0, 0.1) is 12.7 Å². The van der Waals surface area contributed by atoms with E-state index in [1.807, 2.05) is 0 Å². The Morgan fingerprint density at radius 3 is 2.83 bits per heavy atom. The fourth-order valence-electron chi connectivity index (χ4n) is 1.65. The summed E-state index contributed by atoms with van der Waals surface area (Å²) < 4.78 is 15.0. The Morgan fingerprint density at radius 1 is 1.50 bits per heavy atom. The molecule has 0 saturated carbocycles. The van der Waals surface area contributed by atoms with Gasteiger partial charge in [-0.2, -0.15) is 5.10 Å². The van der Waals surface area contributed by atoms with Crippen LogP contribution in [0.1, 0.15) is 16.1 Å². The lowest BCUT2D eigenvalue weighted by Gasteiger charge is -2.06. The van der Waals surface area contributed by atoms with Crippen LogP contribution in [0.3, 0.4) is 0 Å². The van der Waals surface area contributed by atoms with Gasteiger partial charge in [0.25, 0.3) is 5.91 Å². The molecule has 1 amide bonds. The fourth-order valence-corrected chi connectivity index (χ4v) is 1.65. The summed E-state index contributed by atoms with van der Waals surface area (Å²) in [5.41, 5.74) is 6.97. The maximum Gasteiger partial charge on any atom is 0.259 e. The number of hydrogen-bond acceptors (Lipinski definition) is 3. The van der Waals surface area contributed by atoms with Crippen molar-refractivity contribution in [2.45, 2.75) is 6.92 Å². The van der Waals surface area contributed by atoms with E-state index >= 15 is 0 Å². The summed E-state index contributed by atoms with van der Waals surface area (Å²) in [6.07, 6.45) is 1.58. The van der Waals surface area contributed by atoms with Crippen molar-refractivity contribution < 1.29 is 9.18 Å². The zero-order valence-electron chi connectivity index (χ0n) is 10.1. The first-order chi connectivity index (χ1) is 8.47. The molecule has 0 atom stereocenters. The van der Waals surface area contributed by atoms with Gasteiger partial charge in [0.1, 0.15) is 5.82 Å². The number of halogens is 1. The highest BCUT2D eigenvalue weighted by molar-refractivity contribution is 6.05. The van der Waals surface area contributed by atoms with Gasteiger partial charge in [-0.3, -0.25) is 9.48 Å². The number of nitrogens with zero attached hydrogens (tertiary/aromatic N) is 2. The first-order valence-electron chi connectivity index (χ1n) is 5.34. The summed E-state index contributed by atoms with van der Waals surface area (Å²) in [7, 11) is 1.71. The molecule has 0 radical (unpaired) electrons. The topological polar surface area (TPSA) is 72.9 Å². The number of carbonyl (C=O) groups is 1.